The van der Waals surface area contributed by atoms with E-state index in [4.69, 9.17) is 23.2 Å². The zero-order valence-electron chi connectivity index (χ0n) is 9.23. The van der Waals surface area contributed by atoms with Gasteiger partial charge in [0.15, 0.2) is 11.6 Å². The van der Waals surface area contributed by atoms with E-state index >= 15 is 0 Å². The smallest absolute Gasteiger partial charge is 0.160 e. The molecule has 100 valence electrons. The van der Waals surface area contributed by atoms with Gasteiger partial charge in [0.1, 0.15) is 5.82 Å². The highest BCUT2D eigenvalue weighted by atomic mass is 79.9. The highest BCUT2D eigenvalue weighted by Gasteiger charge is 2.20. The Kier molecular flexibility index (Phi) is 4.43. The van der Waals surface area contributed by atoms with Crippen LogP contribution in [0.25, 0.3) is 0 Å². The second-order valence-electron chi connectivity index (χ2n) is 3.79. The van der Waals surface area contributed by atoms with Gasteiger partial charge in [-0.05, 0) is 29.3 Å². The zero-order valence-corrected chi connectivity index (χ0v) is 12.3. The summed E-state index contributed by atoms with van der Waals surface area (Å²) in [4.78, 5) is -0.640. The predicted molar refractivity (Wildman–Crippen MR) is 73.5 cm³/mol. The maximum atomic E-state index is 13.4. The van der Waals surface area contributed by atoms with E-state index < -0.39 is 22.3 Å². The van der Waals surface area contributed by atoms with Crippen LogP contribution in [-0.2, 0) is 0 Å². The summed E-state index contributed by atoms with van der Waals surface area (Å²) in [7, 11) is 0. The van der Waals surface area contributed by atoms with Gasteiger partial charge in [-0.25, -0.2) is 13.2 Å². The molecule has 0 fully saturated rings. The molecule has 0 radical (unpaired) electrons. The Bertz CT molecular complexity index is 632. The molecule has 1 atom stereocenters. The van der Waals surface area contributed by atoms with Crippen molar-refractivity contribution in [3.63, 3.8) is 0 Å². The van der Waals surface area contributed by atoms with Crippen molar-refractivity contribution in [1.82, 2.24) is 0 Å². The van der Waals surface area contributed by atoms with Crippen LogP contribution >= 0.6 is 39.1 Å². The van der Waals surface area contributed by atoms with Crippen molar-refractivity contribution in [3.8, 4) is 0 Å². The van der Waals surface area contributed by atoms with Crippen LogP contribution < -0.4 is 0 Å². The molecule has 19 heavy (non-hydrogen) atoms. The molecule has 0 nitrogen and oxygen atoms in total. The summed E-state index contributed by atoms with van der Waals surface area (Å²) >= 11 is 15.0. The summed E-state index contributed by atoms with van der Waals surface area (Å²) in [6, 6.07) is 6.07. The topological polar surface area (TPSA) is 0 Å². The zero-order chi connectivity index (χ0) is 14.2. The molecule has 6 heteroatoms. The third-order valence-corrected chi connectivity index (χ3v) is 4.28. The standard InChI is InChI=1S/C13H6BrCl2F3/c14-12(6-2-1-3-9(17)13(6)16)7-4-10(18)11(19)5-8(7)15/h1-5,12H. The molecule has 0 aromatic heterocycles. The van der Waals surface area contributed by atoms with Crippen molar-refractivity contribution in [3.05, 3.63) is 69.0 Å². The van der Waals surface area contributed by atoms with Gasteiger partial charge in [-0.15, -0.1) is 0 Å². The SMILES string of the molecule is Fc1cc(Cl)c(C(Br)c2cccc(F)c2Cl)cc1F. The molecule has 0 aliphatic carbocycles. The first-order chi connectivity index (χ1) is 8.91. The average Bonchev–Trinajstić information content (AvgIpc) is 2.36. The van der Waals surface area contributed by atoms with Crippen molar-refractivity contribution in [2.24, 2.45) is 0 Å². The Hall–Kier alpha value is -0.710. The highest BCUT2D eigenvalue weighted by Crippen LogP contribution is 2.39. The van der Waals surface area contributed by atoms with Crippen molar-refractivity contribution >= 4 is 39.1 Å². The summed E-state index contributed by atoms with van der Waals surface area (Å²) < 4.78 is 39.6. The van der Waals surface area contributed by atoms with E-state index in [-0.39, 0.29) is 15.6 Å². The molecule has 2 aromatic carbocycles. The first kappa shape index (κ1) is 14.7. The lowest BCUT2D eigenvalue weighted by atomic mass is 10.0. The second-order valence-corrected chi connectivity index (χ2v) is 5.49. The minimum absolute atomic E-state index is 0.0288. The second kappa shape index (κ2) is 5.73. The van der Waals surface area contributed by atoms with E-state index in [1.165, 1.54) is 12.1 Å². The van der Waals surface area contributed by atoms with Gasteiger partial charge in [0, 0.05) is 5.02 Å². The first-order valence-corrected chi connectivity index (χ1v) is 6.81. The van der Waals surface area contributed by atoms with Crippen LogP contribution in [0.2, 0.25) is 10.0 Å². The predicted octanol–water partition coefficient (Wildman–Crippen LogP) is 5.90. The third kappa shape index (κ3) is 2.91. The van der Waals surface area contributed by atoms with Crippen LogP contribution in [0.4, 0.5) is 13.2 Å². The van der Waals surface area contributed by atoms with Gasteiger partial charge < -0.3 is 0 Å². The molecule has 0 amide bonds. The molecule has 0 saturated heterocycles. The summed E-state index contributed by atoms with van der Waals surface area (Å²) in [6.07, 6.45) is 0. The van der Waals surface area contributed by atoms with E-state index in [1.807, 2.05) is 0 Å². The van der Waals surface area contributed by atoms with Gasteiger partial charge in [0.25, 0.3) is 0 Å². The maximum absolute atomic E-state index is 13.4. The van der Waals surface area contributed by atoms with E-state index in [1.54, 1.807) is 6.07 Å². The Morgan fingerprint density at radius 1 is 0.895 bits per heavy atom. The Labute approximate surface area is 126 Å². The number of hydrogen-bond donors (Lipinski definition) is 0. The molecule has 0 aliphatic heterocycles. The van der Waals surface area contributed by atoms with E-state index in [0.717, 1.165) is 12.1 Å². The molecule has 2 aromatic rings. The van der Waals surface area contributed by atoms with Gasteiger partial charge >= 0.3 is 0 Å². The Morgan fingerprint density at radius 3 is 2.21 bits per heavy atom. The number of hydrogen-bond acceptors (Lipinski definition) is 0. The summed E-state index contributed by atoms with van der Waals surface area (Å²) in [6.45, 7) is 0. The van der Waals surface area contributed by atoms with Crippen LogP contribution in [0.15, 0.2) is 30.3 Å². The molecule has 0 spiro atoms. The van der Waals surface area contributed by atoms with Crippen LogP contribution in [0.1, 0.15) is 16.0 Å². The number of halogens is 6. The fourth-order valence-electron chi connectivity index (χ4n) is 1.62. The molecule has 0 aliphatic rings. The van der Waals surface area contributed by atoms with Crippen molar-refractivity contribution in [2.75, 3.05) is 0 Å². The third-order valence-electron chi connectivity index (χ3n) is 2.57. The fraction of sp³-hybridized carbons (Fsp3) is 0.0769. The summed E-state index contributed by atoms with van der Waals surface area (Å²) in [5.41, 5.74) is 0.655. The van der Waals surface area contributed by atoms with Crippen LogP contribution in [0.5, 0.6) is 0 Å². The van der Waals surface area contributed by atoms with Gasteiger partial charge in [-0.3, -0.25) is 0 Å². The molecule has 2 rings (SSSR count). The molecule has 0 heterocycles. The van der Waals surface area contributed by atoms with Gasteiger partial charge in [-0.2, -0.15) is 0 Å². The number of alkyl halides is 1. The lowest BCUT2D eigenvalue weighted by molar-refractivity contribution is 0.507. The van der Waals surface area contributed by atoms with Crippen molar-refractivity contribution in [2.45, 2.75) is 4.83 Å². The summed E-state index contributed by atoms with van der Waals surface area (Å²) in [5.74, 6) is -2.67. The lowest BCUT2D eigenvalue weighted by Crippen LogP contribution is -1.99. The van der Waals surface area contributed by atoms with Gasteiger partial charge in [0.2, 0.25) is 0 Å². The van der Waals surface area contributed by atoms with E-state index in [9.17, 15) is 13.2 Å². The van der Waals surface area contributed by atoms with Gasteiger partial charge in [-0.1, -0.05) is 51.3 Å². The quantitative estimate of drug-likeness (QED) is 0.457. The number of rotatable bonds is 2. The molecule has 1 unspecified atom stereocenters. The average molecular weight is 370 g/mol. The fourth-order valence-corrected chi connectivity index (χ4v) is 3.13. The van der Waals surface area contributed by atoms with Crippen molar-refractivity contribution < 1.29 is 13.2 Å². The molecule has 0 saturated carbocycles. The normalized spacial score (nSPS) is 12.5. The van der Waals surface area contributed by atoms with E-state index in [2.05, 4.69) is 15.9 Å². The van der Waals surface area contributed by atoms with Crippen LogP contribution in [-0.4, -0.2) is 0 Å². The Morgan fingerprint density at radius 2 is 1.53 bits per heavy atom. The molecule has 0 bridgehead atoms. The molecular weight excluding hydrogens is 364 g/mol. The van der Waals surface area contributed by atoms with Crippen LogP contribution in [0, 0.1) is 17.5 Å². The minimum atomic E-state index is -1.04. The maximum Gasteiger partial charge on any atom is 0.160 e. The molecular formula is C13H6BrCl2F3. The minimum Gasteiger partial charge on any atom is -0.205 e. The lowest BCUT2D eigenvalue weighted by Gasteiger charge is -2.14. The monoisotopic (exact) mass is 368 g/mol. The van der Waals surface area contributed by atoms with Crippen molar-refractivity contribution in [1.29, 1.82) is 0 Å². The highest BCUT2D eigenvalue weighted by molar-refractivity contribution is 9.09. The summed E-state index contributed by atoms with van der Waals surface area (Å²) in [5, 5.41) is -0.0636. The first-order valence-electron chi connectivity index (χ1n) is 5.14. The largest absolute Gasteiger partial charge is 0.205 e. The number of benzene rings is 2. The Balaban J connectivity index is 2.53. The van der Waals surface area contributed by atoms with E-state index in [0.29, 0.717) is 5.56 Å². The van der Waals surface area contributed by atoms with Crippen LogP contribution in [0.3, 0.4) is 0 Å². The molecule has 0 N–H and O–H groups in total. The van der Waals surface area contributed by atoms with Gasteiger partial charge in [0.05, 0.1) is 9.85 Å².